The summed E-state index contributed by atoms with van der Waals surface area (Å²) in [7, 11) is -3.26. The Labute approximate surface area is 120 Å². The summed E-state index contributed by atoms with van der Waals surface area (Å²) in [6, 6.07) is 0. The summed E-state index contributed by atoms with van der Waals surface area (Å²) in [6.07, 6.45) is 4.77. The van der Waals surface area contributed by atoms with Crippen LogP contribution in [0.4, 0.5) is 0 Å². The molecule has 1 N–H and O–H groups in total. The Kier molecular flexibility index (Phi) is 7.71. The fourth-order valence-electron chi connectivity index (χ4n) is 2.07. The molecule has 1 aliphatic rings. The number of sulfonamides is 1. The number of carbonyl (C=O) groups is 1. The van der Waals surface area contributed by atoms with Gasteiger partial charge in [0, 0.05) is 31.9 Å². The van der Waals surface area contributed by atoms with Crippen molar-refractivity contribution in [3.63, 3.8) is 0 Å². The van der Waals surface area contributed by atoms with Crippen LogP contribution in [-0.2, 0) is 14.8 Å². The van der Waals surface area contributed by atoms with E-state index in [2.05, 4.69) is 4.72 Å². The maximum Gasteiger partial charge on any atom is 0.223 e. The fourth-order valence-corrected chi connectivity index (χ4v) is 3.40. The second-order valence-corrected chi connectivity index (χ2v) is 7.11. The summed E-state index contributed by atoms with van der Waals surface area (Å²) in [5, 5.41) is 0. The summed E-state index contributed by atoms with van der Waals surface area (Å²) in [5.74, 6) is 0.601. The third-order valence-electron chi connectivity index (χ3n) is 3.17. The molecule has 1 heterocycles. The highest BCUT2D eigenvalue weighted by molar-refractivity contribution is 7.89. The molecule has 0 unspecified atom stereocenters. The van der Waals surface area contributed by atoms with Crippen molar-refractivity contribution in [1.82, 2.24) is 9.62 Å². The molecular weight excluding hydrogens is 288 g/mol. The molecule has 5 nitrogen and oxygen atoms in total. The van der Waals surface area contributed by atoms with Crippen molar-refractivity contribution in [3.05, 3.63) is 0 Å². The average Bonchev–Trinajstić information content (AvgIpc) is 2.39. The Hall–Kier alpha value is -0.330. The van der Waals surface area contributed by atoms with Crippen LogP contribution < -0.4 is 4.72 Å². The standard InChI is InChI=1S/C12H23ClN2O3S/c13-7-2-5-11-19(17,18)14-8-6-12(16)15-9-3-1-4-10-15/h14H,1-11H2. The minimum atomic E-state index is -3.26. The number of hydrogen-bond acceptors (Lipinski definition) is 3. The van der Waals surface area contributed by atoms with Crippen LogP contribution in [0.25, 0.3) is 0 Å². The van der Waals surface area contributed by atoms with E-state index < -0.39 is 10.0 Å². The highest BCUT2D eigenvalue weighted by Crippen LogP contribution is 2.09. The molecule has 0 saturated carbocycles. The van der Waals surface area contributed by atoms with Crippen LogP contribution in [0.2, 0.25) is 0 Å². The molecule has 0 radical (unpaired) electrons. The summed E-state index contributed by atoms with van der Waals surface area (Å²) in [5.41, 5.74) is 0. The first-order valence-corrected chi connectivity index (χ1v) is 9.05. The van der Waals surface area contributed by atoms with Gasteiger partial charge in [0.2, 0.25) is 15.9 Å². The van der Waals surface area contributed by atoms with E-state index in [9.17, 15) is 13.2 Å². The highest BCUT2D eigenvalue weighted by Gasteiger charge is 2.17. The maximum absolute atomic E-state index is 11.8. The normalized spacial score (nSPS) is 16.6. The first-order chi connectivity index (χ1) is 9.05. The van der Waals surface area contributed by atoms with E-state index in [1.165, 1.54) is 6.42 Å². The molecule has 1 fully saturated rings. The van der Waals surface area contributed by atoms with E-state index in [0.29, 0.717) is 18.7 Å². The summed E-state index contributed by atoms with van der Waals surface area (Å²) >= 11 is 5.50. The fraction of sp³-hybridized carbons (Fsp3) is 0.917. The van der Waals surface area contributed by atoms with Gasteiger partial charge in [0.1, 0.15) is 0 Å². The molecule has 0 bridgehead atoms. The Bertz CT molecular complexity index is 367. The molecule has 1 amide bonds. The number of amides is 1. The van der Waals surface area contributed by atoms with E-state index in [1.54, 1.807) is 0 Å². The van der Waals surface area contributed by atoms with Crippen LogP contribution in [0.1, 0.15) is 38.5 Å². The Balaban J connectivity index is 2.19. The third-order valence-corrected chi connectivity index (χ3v) is 4.90. The highest BCUT2D eigenvalue weighted by atomic mass is 35.5. The number of rotatable bonds is 8. The van der Waals surface area contributed by atoms with Crippen molar-refractivity contribution in [1.29, 1.82) is 0 Å². The van der Waals surface area contributed by atoms with Crippen molar-refractivity contribution in [2.75, 3.05) is 31.3 Å². The van der Waals surface area contributed by atoms with Gasteiger partial charge in [-0.1, -0.05) is 0 Å². The molecule has 1 saturated heterocycles. The first kappa shape index (κ1) is 16.7. The summed E-state index contributed by atoms with van der Waals surface area (Å²) in [4.78, 5) is 13.6. The number of nitrogens with one attached hydrogen (secondary N) is 1. The number of carbonyl (C=O) groups excluding carboxylic acids is 1. The van der Waals surface area contributed by atoms with Crippen molar-refractivity contribution in [3.8, 4) is 0 Å². The van der Waals surface area contributed by atoms with Crippen LogP contribution in [-0.4, -0.2) is 50.5 Å². The first-order valence-electron chi connectivity index (χ1n) is 6.86. The lowest BCUT2D eigenvalue weighted by molar-refractivity contribution is -0.131. The lowest BCUT2D eigenvalue weighted by Gasteiger charge is -2.26. The zero-order chi connectivity index (χ0) is 14.1. The van der Waals surface area contributed by atoms with Gasteiger partial charge in [-0.15, -0.1) is 11.6 Å². The van der Waals surface area contributed by atoms with Gasteiger partial charge in [-0.2, -0.15) is 0 Å². The van der Waals surface area contributed by atoms with E-state index in [1.807, 2.05) is 4.90 Å². The predicted molar refractivity (Wildman–Crippen MR) is 76.8 cm³/mol. The van der Waals surface area contributed by atoms with Crippen LogP contribution in [0, 0.1) is 0 Å². The van der Waals surface area contributed by atoms with Crippen molar-refractivity contribution < 1.29 is 13.2 Å². The smallest absolute Gasteiger partial charge is 0.223 e. The number of alkyl halides is 1. The van der Waals surface area contributed by atoms with Gasteiger partial charge in [-0.3, -0.25) is 4.79 Å². The Morgan fingerprint density at radius 1 is 1.16 bits per heavy atom. The predicted octanol–water partition coefficient (Wildman–Crippen LogP) is 1.33. The molecule has 0 atom stereocenters. The minimum Gasteiger partial charge on any atom is -0.343 e. The van der Waals surface area contributed by atoms with Crippen molar-refractivity contribution >= 4 is 27.5 Å². The van der Waals surface area contributed by atoms with E-state index in [4.69, 9.17) is 11.6 Å². The number of nitrogens with zero attached hydrogens (tertiary/aromatic N) is 1. The lowest BCUT2D eigenvalue weighted by Crippen LogP contribution is -2.38. The minimum absolute atomic E-state index is 0.0446. The Morgan fingerprint density at radius 2 is 1.84 bits per heavy atom. The maximum atomic E-state index is 11.8. The van der Waals surface area contributed by atoms with Gasteiger partial charge in [0.05, 0.1) is 5.75 Å². The average molecular weight is 311 g/mol. The quantitative estimate of drug-likeness (QED) is 0.543. The number of piperidine rings is 1. The number of unbranched alkanes of at least 4 members (excludes halogenated alkanes) is 1. The third kappa shape index (κ3) is 7.13. The zero-order valence-corrected chi connectivity index (χ0v) is 12.8. The van der Waals surface area contributed by atoms with Gasteiger partial charge in [0.25, 0.3) is 0 Å². The molecule has 0 spiro atoms. The van der Waals surface area contributed by atoms with E-state index in [-0.39, 0.29) is 24.6 Å². The summed E-state index contributed by atoms with van der Waals surface area (Å²) in [6.45, 7) is 1.81. The van der Waals surface area contributed by atoms with Crippen molar-refractivity contribution in [2.24, 2.45) is 0 Å². The van der Waals surface area contributed by atoms with Gasteiger partial charge in [0.15, 0.2) is 0 Å². The van der Waals surface area contributed by atoms with Crippen LogP contribution in [0.3, 0.4) is 0 Å². The Morgan fingerprint density at radius 3 is 2.47 bits per heavy atom. The van der Waals surface area contributed by atoms with E-state index >= 15 is 0 Å². The SMILES string of the molecule is O=C(CCNS(=O)(=O)CCCCCl)N1CCCCC1. The van der Waals surface area contributed by atoms with Gasteiger partial charge in [-0.05, 0) is 32.1 Å². The van der Waals surface area contributed by atoms with Crippen molar-refractivity contribution in [2.45, 2.75) is 38.5 Å². The zero-order valence-electron chi connectivity index (χ0n) is 11.2. The topological polar surface area (TPSA) is 66.5 Å². The van der Waals surface area contributed by atoms with Crippen LogP contribution >= 0.6 is 11.6 Å². The number of hydrogen-bond donors (Lipinski definition) is 1. The molecule has 0 aromatic heterocycles. The van der Waals surface area contributed by atoms with Crippen LogP contribution in [0.5, 0.6) is 0 Å². The molecule has 0 aliphatic carbocycles. The summed E-state index contributed by atoms with van der Waals surface area (Å²) < 4.78 is 25.6. The molecule has 0 aromatic rings. The molecule has 1 aliphatic heterocycles. The second kappa shape index (κ2) is 8.76. The number of likely N-dealkylation sites (tertiary alicyclic amines) is 1. The molecule has 1 rings (SSSR count). The molecular formula is C12H23ClN2O3S. The van der Waals surface area contributed by atoms with Gasteiger partial charge < -0.3 is 4.90 Å². The molecule has 7 heteroatoms. The largest absolute Gasteiger partial charge is 0.343 e. The second-order valence-electron chi connectivity index (χ2n) is 4.80. The van der Waals surface area contributed by atoms with Gasteiger partial charge >= 0.3 is 0 Å². The molecule has 19 heavy (non-hydrogen) atoms. The molecule has 0 aromatic carbocycles. The molecule has 112 valence electrons. The van der Waals surface area contributed by atoms with Gasteiger partial charge in [-0.25, -0.2) is 13.1 Å². The monoisotopic (exact) mass is 310 g/mol. The van der Waals surface area contributed by atoms with Crippen LogP contribution in [0.15, 0.2) is 0 Å². The van der Waals surface area contributed by atoms with E-state index in [0.717, 1.165) is 25.9 Å². The number of halogens is 1. The lowest BCUT2D eigenvalue weighted by atomic mass is 10.1.